The van der Waals surface area contributed by atoms with Gasteiger partial charge in [-0.3, -0.25) is 14.9 Å². The standard InChI is InChI=1S/C25H32N4O3/c1-17(2)10-11-26-25(30)22-15-19-14-21(29(31)32)8-9-23(19)28-13-12-27(16-24(22)28)20-6-4-18(3)5-7-20/h4-9,14,17,22,24H,10-13,15-16H2,1-3H3,(H,26,30). The van der Waals surface area contributed by atoms with Crippen molar-refractivity contribution in [2.24, 2.45) is 11.8 Å². The third-order valence-corrected chi connectivity index (χ3v) is 6.66. The molecule has 2 atom stereocenters. The van der Waals surface area contributed by atoms with Crippen molar-refractivity contribution in [3.63, 3.8) is 0 Å². The van der Waals surface area contributed by atoms with E-state index in [-0.39, 0.29) is 28.5 Å². The summed E-state index contributed by atoms with van der Waals surface area (Å²) in [6, 6.07) is 13.6. The molecule has 2 heterocycles. The van der Waals surface area contributed by atoms with Gasteiger partial charge in [0.1, 0.15) is 0 Å². The molecule has 0 bridgehead atoms. The number of anilines is 2. The number of nitrogens with zero attached hydrogens (tertiary/aromatic N) is 3. The van der Waals surface area contributed by atoms with E-state index in [1.807, 2.05) is 6.07 Å². The van der Waals surface area contributed by atoms with Crippen LogP contribution in [0.2, 0.25) is 0 Å². The molecule has 0 radical (unpaired) electrons. The maximum absolute atomic E-state index is 13.3. The lowest BCUT2D eigenvalue weighted by atomic mass is 9.83. The van der Waals surface area contributed by atoms with Gasteiger partial charge >= 0.3 is 0 Å². The van der Waals surface area contributed by atoms with Gasteiger partial charge in [0.25, 0.3) is 5.69 Å². The van der Waals surface area contributed by atoms with E-state index >= 15 is 0 Å². The summed E-state index contributed by atoms with van der Waals surface area (Å²) in [6.45, 7) is 9.40. The van der Waals surface area contributed by atoms with Crippen molar-refractivity contribution in [2.75, 3.05) is 36.0 Å². The number of rotatable bonds is 6. The van der Waals surface area contributed by atoms with Gasteiger partial charge in [0.2, 0.25) is 5.91 Å². The molecule has 32 heavy (non-hydrogen) atoms. The van der Waals surface area contributed by atoms with E-state index < -0.39 is 0 Å². The van der Waals surface area contributed by atoms with E-state index in [4.69, 9.17) is 0 Å². The normalized spacial score (nSPS) is 20.0. The molecule has 1 fully saturated rings. The van der Waals surface area contributed by atoms with E-state index in [2.05, 4.69) is 60.2 Å². The Morgan fingerprint density at radius 1 is 1.19 bits per heavy atom. The third-order valence-electron chi connectivity index (χ3n) is 6.66. The second kappa shape index (κ2) is 9.18. The van der Waals surface area contributed by atoms with Gasteiger partial charge in [0, 0.05) is 49.7 Å². The van der Waals surface area contributed by atoms with Crippen molar-refractivity contribution in [1.82, 2.24) is 5.32 Å². The molecule has 7 nitrogen and oxygen atoms in total. The number of non-ortho nitro benzene ring substituents is 1. The monoisotopic (exact) mass is 436 g/mol. The highest BCUT2D eigenvalue weighted by molar-refractivity contribution is 5.82. The van der Waals surface area contributed by atoms with Crippen molar-refractivity contribution in [2.45, 2.75) is 39.7 Å². The molecule has 1 N–H and O–H groups in total. The summed E-state index contributed by atoms with van der Waals surface area (Å²) in [4.78, 5) is 28.9. The smallest absolute Gasteiger partial charge is 0.269 e. The van der Waals surface area contributed by atoms with Gasteiger partial charge in [-0.2, -0.15) is 0 Å². The predicted molar refractivity (Wildman–Crippen MR) is 127 cm³/mol. The highest BCUT2D eigenvalue weighted by Gasteiger charge is 2.42. The van der Waals surface area contributed by atoms with Gasteiger partial charge in [-0.15, -0.1) is 0 Å². The molecule has 0 aliphatic carbocycles. The zero-order valence-corrected chi connectivity index (χ0v) is 19.1. The largest absolute Gasteiger partial charge is 0.368 e. The molecule has 2 unspecified atom stereocenters. The minimum absolute atomic E-state index is 0.0260. The number of nitro groups is 1. The number of aryl methyl sites for hydroxylation is 1. The predicted octanol–water partition coefficient (Wildman–Crippen LogP) is 3.93. The Bertz CT molecular complexity index is 989. The molecule has 2 aliphatic rings. The summed E-state index contributed by atoms with van der Waals surface area (Å²) in [5, 5.41) is 14.4. The van der Waals surface area contributed by atoms with Crippen molar-refractivity contribution in [3.8, 4) is 0 Å². The van der Waals surface area contributed by atoms with Gasteiger partial charge < -0.3 is 15.1 Å². The fourth-order valence-electron chi connectivity index (χ4n) is 4.83. The Kier molecular flexibility index (Phi) is 6.35. The summed E-state index contributed by atoms with van der Waals surface area (Å²) in [5.41, 5.74) is 4.39. The summed E-state index contributed by atoms with van der Waals surface area (Å²) in [7, 11) is 0. The number of amides is 1. The van der Waals surface area contributed by atoms with E-state index in [1.165, 1.54) is 11.3 Å². The van der Waals surface area contributed by atoms with Gasteiger partial charge in [0.15, 0.2) is 0 Å². The van der Waals surface area contributed by atoms with Crippen LogP contribution < -0.4 is 15.1 Å². The minimum Gasteiger partial charge on any atom is -0.368 e. The van der Waals surface area contributed by atoms with Crippen molar-refractivity contribution >= 4 is 23.0 Å². The molecule has 2 aliphatic heterocycles. The molecular formula is C25H32N4O3. The first-order chi connectivity index (χ1) is 15.3. The molecular weight excluding hydrogens is 404 g/mol. The second-order valence-corrected chi connectivity index (χ2v) is 9.40. The van der Waals surface area contributed by atoms with E-state index in [0.717, 1.165) is 37.3 Å². The second-order valence-electron chi connectivity index (χ2n) is 9.40. The van der Waals surface area contributed by atoms with Crippen LogP contribution in [0.3, 0.4) is 0 Å². The average molecular weight is 437 g/mol. The van der Waals surface area contributed by atoms with Gasteiger partial charge in [-0.1, -0.05) is 31.5 Å². The quantitative estimate of drug-likeness (QED) is 0.548. The molecule has 0 saturated carbocycles. The van der Waals surface area contributed by atoms with Gasteiger partial charge in [0.05, 0.1) is 16.9 Å². The summed E-state index contributed by atoms with van der Waals surface area (Å²) in [5.74, 6) is 0.321. The fraction of sp³-hybridized carbons (Fsp3) is 0.480. The van der Waals surface area contributed by atoms with Crippen LogP contribution in [0, 0.1) is 28.9 Å². The minimum atomic E-state index is -0.362. The number of piperazine rings is 1. The van der Waals surface area contributed by atoms with Crippen molar-refractivity contribution < 1.29 is 9.72 Å². The van der Waals surface area contributed by atoms with Crippen molar-refractivity contribution in [1.29, 1.82) is 0 Å². The first kappa shape index (κ1) is 22.1. The highest BCUT2D eigenvalue weighted by Crippen LogP contribution is 2.38. The van der Waals surface area contributed by atoms with Crippen molar-refractivity contribution in [3.05, 3.63) is 63.7 Å². The lowest BCUT2D eigenvalue weighted by Gasteiger charge is -2.49. The number of benzene rings is 2. The summed E-state index contributed by atoms with van der Waals surface area (Å²) in [6.07, 6.45) is 1.46. The molecule has 2 aromatic carbocycles. The Labute approximate surface area is 189 Å². The van der Waals surface area contributed by atoms with Gasteiger partial charge in [-0.25, -0.2) is 0 Å². The van der Waals surface area contributed by atoms with Gasteiger partial charge in [-0.05, 0) is 49.4 Å². The van der Waals surface area contributed by atoms with Crippen LogP contribution >= 0.6 is 0 Å². The number of carbonyl (C=O) groups is 1. The fourth-order valence-corrected chi connectivity index (χ4v) is 4.83. The van der Waals surface area contributed by atoms with Crippen LogP contribution in [0.5, 0.6) is 0 Å². The number of nitro benzene ring substituents is 1. The molecule has 0 aromatic heterocycles. The van der Waals surface area contributed by atoms with Crippen LogP contribution in [-0.2, 0) is 11.2 Å². The Morgan fingerprint density at radius 3 is 2.62 bits per heavy atom. The SMILES string of the molecule is Cc1ccc(N2CCN3c4ccc([N+](=O)[O-])cc4CC(C(=O)NCCC(C)C)C3C2)cc1. The zero-order valence-electron chi connectivity index (χ0n) is 19.1. The Morgan fingerprint density at radius 2 is 1.94 bits per heavy atom. The molecule has 2 aromatic rings. The molecule has 7 heteroatoms. The molecule has 1 amide bonds. The molecule has 4 rings (SSSR count). The Hall–Kier alpha value is -3.09. The molecule has 1 saturated heterocycles. The third kappa shape index (κ3) is 4.56. The molecule has 170 valence electrons. The lowest BCUT2D eigenvalue weighted by molar-refractivity contribution is -0.384. The number of carbonyl (C=O) groups excluding carboxylic acids is 1. The number of nitrogens with one attached hydrogen (secondary N) is 1. The molecule has 0 spiro atoms. The van der Waals surface area contributed by atoms with E-state index in [9.17, 15) is 14.9 Å². The first-order valence-electron chi connectivity index (χ1n) is 11.5. The average Bonchev–Trinajstić information content (AvgIpc) is 2.77. The summed E-state index contributed by atoms with van der Waals surface area (Å²) < 4.78 is 0. The number of fused-ring (bicyclic) bond motifs is 3. The van der Waals surface area contributed by atoms with Crippen LogP contribution in [0.4, 0.5) is 17.1 Å². The number of hydrogen-bond donors (Lipinski definition) is 1. The van der Waals surface area contributed by atoms with Crippen LogP contribution in [0.1, 0.15) is 31.4 Å². The topological polar surface area (TPSA) is 78.7 Å². The first-order valence-corrected chi connectivity index (χ1v) is 11.5. The van der Waals surface area contributed by atoms with Crippen LogP contribution in [0.25, 0.3) is 0 Å². The number of hydrogen-bond acceptors (Lipinski definition) is 5. The maximum Gasteiger partial charge on any atom is 0.269 e. The van der Waals surface area contributed by atoms with Crippen LogP contribution in [-0.4, -0.2) is 43.1 Å². The maximum atomic E-state index is 13.3. The van der Waals surface area contributed by atoms with Crippen LogP contribution in [0.15, 0.2) is 42.5 Å². The zero-order chi connectivity index (χ0) is 22.8. The lowest BCUT2D eigenvalue weighted by Crippen LogP contribution is -2.61. The Balaban J connectivity index is 1.62. The highest BCUT2D eigenvalue weighted by atomic mass is 16.6. The van der Waals surface area contributed by atoms with E-state index in [1.54, 1.807) is 12.1 Å². The summed E-state index contributed by atoms with van der Waals surface area (Å²) >= 11 is 0. The van der Waals surface area contributed by atoms with E-state index in [0.29, 0.717) is 18.9 Å².